The minimum atomic E-state index is 0.325. The number of rotatable bonds is 4. The number of allylic oxidation sites excluding steroid dienone is 1. The van der Waals surface area contributed by atoms with Crippen molar-refractivity contribution in [2.45, 2.75) is 38.6 Å². The highest BCUT2D eigenvalue weighted by atomic mass is 15.0. The molecule has 0 spiro atoms. The van der Waals surface area contributed by atoms with Crippen LogP contribution in [0.15, 0.2) is 24.2 Å². The van der Waals surface area contributed by atoms with Gasteiger partial charge in [-0.15, -0.1) is 0 Å². The van der Waals surface area contributed by atoms with Gasteiger partial charge in [-0.05, 0) is 32.2 Å². The molecule has 0 aromatic carbocycles. The molecular weight excluding hydrogens is 198 g/mol. The number of nitrogens with one attached hydrogen (secondary N) is 1. The minimum absolute atomic E-state index is 0.325. The van der Waals surface area contributed by atoms with Crippen LogP contribution in [-0.4, -0.2) is 16.1 Å². The number of imidazole rings is 1. The lowest BCUT2D eigenvalue weighted by Gasteiger charge is -2.22. The standard InChI is InChI=1S/C13H21N3/c1-3-14-13(11-7-5-4-6-8-11)12-9-16(2)10-15-12/h7,9-10,13-14H,3-6,8H2,1-2H3. The molecule has 0 aliphatic heterocycles. The van der Waals surface area contributed by atoms with Crippen molar-refractivity contribution in [1.82, 2.24) is 14.9 Å². The molecule has 1 aliphatic rings. The predicted molar refractivity (Wildman–Crippen MR) is 66.2 cm³/mol. The Morgan fingerprint density at radius 3 is 2.94 bits per heavy atom. The summed E-state index contributed by atoms with van der Waals surface area (Å²) in [7, 11) is 2.02. The van der Waals surface area contributed by atoms with Gasteiger partial charge in [0.05, 0.1) is 18.1 Å². The Balaban J connectivity index is 2.19. The van der Waals surface area contributed by atoms with Crippen LogP contribution in [0.3, 0.4) is 0 Å². The predicted octanol–water partition coefficient (Wildman–Crippen LogP) is 2.57. The molecule has 1 atom stereocenters. The summed E-state index contributed by atoms with van der Waals surface area (Å²) in [5.74, 6) is 0. The summed E-state index contributed by atoms with van der Waals surface area (Å²) >= 11 is 0. The Morgan fingerprint density at radius 2 is 2.38 bits per heavy atom. The van der Waals surface area contributed by atoms with Crippen molar-refractivity contribution in [3.63, 3.8) is 0 Å². The van der Waals surface area contributed by atoms with E-state index in [0.29, 0.717) is 6.04 Å². The summed E-state index contributed by atoms with van der Waals surface area (Å²) in [6.07, 6.45) is 11.5. The maximum Gasteiger partial charge on any atom is 0.0947 e. The van der Waals surface area contributed by atoms with Crippen LogP contribution in [-0.2, 0) is 7.05 Å². The zero-order chi connectivity index (χ0) is 11.4. The second-order valence-corrected chi connectivity index (χ2v) is 4.48. The van der Waals surface area contributed by atoms with Crippen LogP contribution in [0.2, 0.25) is 0 Å². The van der Waals surface area contributed by atoms with Crippen LogP contribution >= 0.6 is 0 Å². The number of aromatic nitrogens is 2. The topological polar surface area (TPSA) is 29.9 Å². The molecule has 1 N–H and O–H groups in total. The fourth-order valence-corrected chi connectivity index (χ4v) is 2.34. The van der Waals surface area contributed by atoms with Crippen molar-refractivity contribution < 1.29 is 0 Å². The largest absolute Gasteiger partial charge is 0.340 e. The molecule has 0 fully saturated rings. The molecule has 0 radical (unpaired) electrons. The Kier molecular flexibility index (Phi) is 3.78. The number of likely N-dealkylation sites (N-methyl/N-ethyl adjacent to an activating group) is 1. The van der Waals surface area contributed by atoms with E-state index in [1.807, 2.05) is 17.9 Å². The van der Waals surface area contributed by atoms with Crippen LogP contribution in [0, 0.1) is 0 Å². The SMILES string of the molecule is CCNC(C1=CCCCC1)c1cn(C)cn1. The normalized spacial score (nSPS) is 18.2. The van der Waals surface area contributed by atoms with E-state index in [1.165, 1.54) is 31.3 Å². The fourth-order valence-electron chi connectivity index (χ4n) is 2.34. The second-order valence-electron chi connectivity index (χ2n) is 4.48. The Morgan fingerprint density at radius 1 is 1.50 bits per heavy atom. The van der Waals surface area contributed by atoms with Crippen molar-refractivity contribution in [3.05, 3.63) is 29.9 Å². The van der Waals surface area contributed by atoms with E-state index in [2.05, 4.69) is 29.5 Å². The van der Waals surface area contributed by atoms with Crippen molar-refractivity contribution >= 4 is 0 Å². The monoisotopic (exact) mass is 219 g/mol. The Bertz CT molecular complexity index is 365. The number of hydrogen-bond acceptors (Lipinski definition) is 2. The summed E-state index contributed by atoms with van der Waals surface area (Å²) in [6, 6.07) is 0.325. The smallest absolute Gasteiger partial charge is 0.0947 e. The van der Waals surface area contributed by atoms with Crippen molar-refractivity contribution in [1.29, 1.82) is 0 Å². The average molecular weight is 219 g/mol. The zero-order valence-electron chi connectivity index (χ0n) is 10.2. The highest BCUT2D eigenvalue weighted by Gasteiger charge is 2.18. The minimum Gasteiger partial charge on any atom is -0.340 e. The van der Waals surface area contributed by atoms with Gasteiger partial charge in [0.2, 0.25) is 0 Å². The van der Waals surface area contributed by atoms with Crippen molar-refractivity contribution in [2.24, 2.45) is 7.05 Å². The summed E-state index contributed by atoms with van der Waals surface area (Å²) in [5.41, 5.74) is 2.67. The molecule has 1 heterocycles. The lowest BCUT2D eigenvalue weighted by molar-refractivity contribution is 0.555. The summed E-state index contributed by atoms with van der Waals surface area (Å²) in [4.78, 5) is 4.47. The third kappa shape index (κ3) is 2.53. The van der Waals surface area contributed by atoms with E-state index in [4.69, 9.17) is 0 Å². The molecule has 0 saturated heterocycles. The van der Waals surface area contributed by atoms with Gasteiger partial charge >= 0.3 is 0 Å². The van der Waals surface area contributed by atoms with Gasteiger partial charge in [0.1, 0.15) is 0 Å². The van der Waals surface area contributed by atoms with Gasteiger partial charge in [-0.1, -0.05) is 18.6 Å². The van der Waals surface area contributed by atoms with E-state index >= 15 is 0 Å². The molecule has 1 unspecified atom stereocenters. The van der Waals surface area contributed by atoms with E-state index < -0.39 is 0 Å². The van der Waals surface area contributed by atoms with Gasteiger partial charge in [-0.25, -0.2) is 4.98 Å². The van der Waals surface area contributed by atoms with Crippen LogP contribution in [0.5, 0.6) is 0 Å². The van der Waals surface area contributed by atoms with Gasteiger partial charge in [-0.2, -0.15) is 0 Å². The Labute approximate surface area is 97.6 Å². The van der Waals surface area contributed by atoms with E-state index in [-0.39, 0.29) is 0 Å². The maximum absolute atomic E-state index is 4.47. The average Bonchev–Trinajstić information content (AvgIpc) is 2.74. The quantitative estimate of drug-likeness (QED) is 0.789. The van der Waals surface area contributed by atoms with Crippen molar-refractivity contribution in [2.75, 3.05) is 6.54 Å². The van der Waals surface area contributed by atoms with Gasteiger partial charge < -0.3 is 9.88 Å². The number of nitrogens with zero attached hydrogens (tertiary/aromatic N) is 2. The molecule has 1 aromatic rings. The number of aryl methyl sites for hydroxylation is 1. The first-order chi connectivity index (χ1) is 7.81. The van der Waals surface area contributed by atoms with Gasteiger partial charge in [0.25, 0.3) is 0 Å². The summed E-state index contributed by atoms with van der Waals surface area (Å²) < 4.78 is 2.02. The molecule has 3 nitrogen and oxygen atoms in total. The molecule has 0 bridgehead atoms. The molecular formula is C13H21N3. The lowest BCUT2D eigenvalue weighted by Crippen LogP contribution is -2.24. The van der Waals surface area contributed by atoms with Gasteiger partial charge in [0, 0.05) is 13.2 Å². The molecule has 0 saturated carbocycles. The lowest BCUT2D eigenvalue weighted by atomic mass is 9.92. The molecule has 16 heavy (non-hydrogen) atoms. The van der Waals surface area contributed by atoms with E-state index in [0.717, 1.165) is 12.2 Å². The first-order valence-electron chi connectivity index (χ1n) is 6.21. The maximum atomic E-state index is 4.47. The zero-order valence-corrected chi connectivity index (χ0v) is 10.2. The van der Waals surface area contributed by atoms with E-state index in [1.54, 1.807) is 0 Å². The highest BCUT2D eigenvalue weighted by Crippen LogP contribution is 2.28. The molecule has 3 heteroatoms. The molecule has 0 amide bonds. The van der Waals surface area contributed by atoms with Crippen LogP contribution in [0.25, 0.3) is 0 Å². The molecule has 88 valence electrons. The number of hydrogen-bond donors (Lipinski definition) is 1. The van der Waals surface area contributed by atoms with E-state index in [9.17, 15) is 0 Å². The Hall–Kier alpha value is -1.09. The van der Waals surface area contributed by atoms with Gasteiger partial charge in [-0.3, -0.25) is 0 Å². The fraction of sp³-hybridized carbons (Fsp3) is 0.615. The van der Waals surface area contributed by atoms with Crippen LogP contribution in [0.4, 0.5) is 0 Å². The summed E-state index contributed by atoms with van der Waals surface area (Å²) in [5, 5.41) is 3.54. The second kappa shape index (κ2) is 5.30. The molecule has 2 rings (SSSR count). The first-order valence-corrected chi connectivity index (χ1v) is 6.21. The molecule has 1 aliphatic carbocycles. The van der Waals surface area contributed by atoms with Crippen molar-refractivity contribution in [3.8, 4) is 0 Å². The van der Waals surface area contributed by atoms with Gasteiger partial charge in [0.15, 0.2) is 0 Å². The van der Waals surface area contributed by atoms with Crippen LogP contribution < -0.4 is 5.32 Å². The summed E-state index contributed by atoms with van der Waals surface area (Å²) in [6.45, 7) is 3.14. The highest BCUT2D eigenvalue weighted by molar-refractivity contribution is 5.22. The third-order valence-corrected chi connectivity index (χ3v) is 3.13. The first kappa shape index (κ1) is 11.4. The van der Waals surface area contributed by atoms with Crippen LogP contribution in [0.1, 0.15) is 44.3 Å². The molecule has 1 aromatic heterocycles. The third-order valence-electron chi connectivity index (χ3n) is 3.13.